The number of nitrogens with two attached hydrogens (primary N) is 1. The fourth-order valence-electron chi connectivity index (χ4n) is 1.69. The molecule has 3 nitrogen and oxygen atoms in total. The van der Waals surface area contributed by atoms with E-state index in [4.69, 9.17) is 5.73 Å². The number of nitrogen functional groups attached to an aromatic ring is 1. The Bertz CT molecular complexity index is 671. The lowest BCUT2D eigenvalue weighted by atomic mass is 9.98. The minimum absolute atomic E-state index is 0.0553. The maximum Gasteiger partial charge on any atom is 0.417 e. The Balaban J connectivity index is 2.59. The molecule has 7 heteroatoms. The number of halogens is 4. The van der Waals surface area contributed by atoms with Crippen LogP contribution in [0.3, 0.4) is 0 Å². The van der Waals surface area contributed by atoms with Gasteiger partial charge in [0.25, 0.3) is 0 Å². The maximum absolute atomic E-state index is 13.0. The van der Waals surface area contributed by atoms with E-state index in [0.717, 1.165) is 18.3 Å². The van der Waals surface area contributed by atoms with Gasteiger partial charge in [-0.2, -0.15) is 13.2 Å². The summed E-state index contributed by atoms with van der Waals surface area (Å²) in [6.45, 7) is 0. The summed E-state index contributed by atoms with van der Waals surface area (Å²) in [6, 6.07) is 4.70. The van der Waals surface area contributed by atoms with Crippen LogP contribution in [0.2, 0.25) is 0 Å². The normalized spacial score (nSPS) is 11.4. The largest absolute Gasteiger partial charge is 0.417 e. The average molecular weight is 345 g/mol. The molecule has 2 N–H and O–H groups in total. The third-order valence-corrected chi connectivity index (χ3v) is 3.12. The SMILES string of the molecule is Nc1ccncc1C(=O)c1ccc(Br)cc1C(F)(F)F. The van der Waals surface area contributed by atoms with Crippen molar-refractivity contribution < 1.29 is 18.0 Å². The number of benzene rings is 1. The topological polar surface area (TPSA) is 56.0 Å². The molecule has 0 bridgehead atoms. The first-order chi connectivity index (χ1) is 9.30. The molecule has 1 heterocycles. The lowest BCUT2D eigenvalue weighted by Gasteiger charge is -2.13. The molecule has 0 saturated heterocycles. The summed E-state index contributed by atoms with van der Waals surface area (Å²) in [6.07, 6.45) is -2.12. The summed E-state index contributed by atoms with van der Waals surface area (Å²) in [4.78, 5) is 15.9. The Labute approximate surface area is 120 Å². The van der Waals surface area contributed by atoms with Crippen LogP contribution in [-0.2, 0) is 6.18 Å². The smallest absolute Gasteiger partial charge is 0.398 e. The molecule has 0 unspecified atom stereocenters. The Morgan fingerprint density at radius 1 is 1.20 bits per heavy atom. The van der Waals surface area contributed by atoms with Gasteiger partial charge < -0.3 is 5.73 Å². The molecule has 0 aliphatic rings. The van der Waals surface area contributed by atoms with Crippen molar-refractivity contribution in [2.24, 2.45) is 0 Å². The number of ketones is 1. The quantitative estimate of drug-likeness (QED) is 0.845. The molecule has 2 rings (SSSR count). The summed E-state index contributed by atoms with van der Waals surface area (Å²) in [5.74, 6) is -0.810. The van der Waals surface area contributed by atoms with Gasteiger partial charge in [-0.3, -0.25) is 9.78 Å². The fraction of sp³-hybridized carbons (Fsp3) is 0.0769. The maximum atomic E-state index is 13.0. The van der Waals surface area contributed by atoms with Gasteiger partial charge in [-0.1, -0.05) is 15.9 Å². The number of nitrogens with zero attached hydrogens (tertiary/aromatic N) is 1. The van der Waals surface area contributed by atoms with Gasteiger partial charge in [-0.25, -0.2) is 0 Å². The van der Waals surface area contributed by atoms with Crippen LogP contribution < -0.4 is 5.73 Å². The highest BCUT2D eigenvalue weighted by atomic mass is 79.9. The van der Waals surface area contributed by atoms with E-state index < -0.39 is 23.1 Å². The summed E-state index contributed by atoms with van der Waals surface area (Å²) in [7, 11) is 0. The predicted octanol–water partition coefficient (Wildman–Crippen LogP) is 3.68. The van der Waals surface area contributed by atoms with Gasteiger partial charge in [-0.05, 0) is 24.3 Å². The fourth-order valence-corrected chi connectivity index (χ4v) is 2.05. The molecule has 20 heavy (non-hydrogen) atoms. The predicted molar refractivity (Wildman–Crippen MR) is 71.2 cm³/mol. The molecule has 0 spiro atoms. The number of hydrogen-bond acceptors (Lipinski definition) is 3. The van der Waals surface area contributed by atoms with Crippen molar-refractivity contribution in [3.63, 3.8) is 0 Å². The van der Waals surface area contributed by atoms with Crippen molar-refractivity contribution in [1.82, 2.24) is 4.98 Å². The summed E-state index contributed by atoms with van der Waals surface area (Å²) < 4.78 is 39.2. The van der Waals surface area contributed by atoms with Crippen LogP contribution >= 0.6 is 15.9 Å². The van der Waals surface area contributed by atoms with Crippen LogP contribution in [0.4, 0.5) is 18.9 Å². The number of carbonyl (C=O) groups is 1. The van der Waals surface area contributed by atoms with Crippen molar-refractivity contribution in [2.45, 2.75) is 6.18 Å². The molecule has 2 aromatic rings. The van der Waals surface area contributed by atoms with Gasteiger partial charge in [0.15, 0.2) is 5.78 Å². The van der Waals surface area contributed by atoms with Crippen LogP contribution in [0.15, 0.2) is 41.1 Å². The van der Waals surface area contributed by atoms with E-state index in [-0.39, 0.29) is 15.7 Å². The van der Waals surface area contributed by atoms with Crippen LogP contribution in [0.5, 0.6) is 0 Å². The summed E-state index contributed by atoms with van der Waals surface area (Å²) in [5, 5.41) is 0. The minimum Gasteiger partial charge on any atom is -0.398 e. The molecule has 1 aromatic carbocycles. The second-order valence-electron chi connectivity index (χ2n) is 3.98. The minimum atomic E-state index is -4.63. The van der Waals surface area contributed by atoms with Gasteiger partial charge in [0.2, 0.25) is 0 Å². The standard InChI is InChI=1S/C13H8BrF3N2O/c14-7-1-2-8(10(5-7)13(15,16)17)12(20)9-6-19-4-3-11(9)18/h1-6H,(H2,18,19). The lowest BCUT2D eigenvalue weighted by molar-refractivity contribution is -0.137. The zero-order valence-corrected chi connectivity index (χ0v) is 11.5. The molecule has 0 atom stereocenters. The Kier molecular flexibility index (Phi) is 3.80. The average Bonchev–Trinajstić information content (AvgIpc) is 2.37. The van der Waals surface area contributed by atoms with Crippen LogP contribution in [-0.4, -0.2) is 10.8 Å². The number of anilines is 1. The van der Waals surface area contributed by atoms with Crippen molar-refractivity contribution in [1.29, 1.82) is 0 Å². The second kappa shape index (κ2) is 5.24. The molecule has 0 aliphatic heterocycles. The van der Waals surface area contributed by atoms with Crippen LogP contribution in [0, 0.1) is 0 Å². The van der Waals surface area contributed by atoms with E-state index in [0.29, 0.717) is 0 Å². The van der Waals surface area contributed by atoms with E-state index in [1.165, 1.54) is 18.3 Å². The van der Waals surface area contributed by atoms with Crippen molar-refractivity contribution in [3.05, 3.63) is 57.8 Å². The Hall–Kier alpha value is -1.89. The highest BCUT2D eigenvalue weighted by molar-refractivity contribution is 9.10. The molecule has 104 valence electrons. The van der Waals surface area contributed by atoms with Gasteiger partial charge in [0, 0.05) is 28.1 Å². The van der Waals surface area contributed by atoms with E-state index in [2.05, 4.69) is 20.9 Å². The third kappa shape index (κ3) is 2.82. The van der Waals surface area contributed by atoms with Crippen molar-refractivity contribution in [2.75, 3.05) is 5.73 Å². The molecule has 1 aromatic heterocycles. The number of alkyl halides is 3. The molecule has 0 amide bonds. The third-order valence-electron chi connectivity index (χ3n) is 2.63. The van der Waals surface area contributed by atoms with Gasteiger partial charge in [0.1, 0.15) is 0 Å². The second-order valence-corrected chi connectivity index (χ2v) is 4.90. The van der Waals surface area contributed by atoms with Gasteiger partial charge in [0.05, 0.1) is 11.1 Å². The van der Waals surface area contributed by atoms with Gasteiger partial charge in [-0.15, -0.1) is 0 Å². The monoisotopic (exact) mass is 344 g/mol. The molecular weight excluding hydrogens is 337 g/mol. The molecule has 0 fully saturated rings. The highest BCUT2D eigenvalue weighted by Gasteiger charge is 2.35. The van der Waals surface area contributed by atoms with Crippen molar-refractivity contribution >= 4 is 27.4 Å². The number of pyridine rings is 1. The van der Waals surface area contributed by atoms with Gasteiger partial charge >= 0.3 is 6.18 Å². The molecular formula is C13H8BrF3N2O. The Morgan fingerprint density at radius 2 is 1.90 bits per heavy atom. The van der Waals surface area contributed by atoms with E-state index >= 15 is 0 Å². The van der Waals surface area contributed by atoms with E-state index in [1.54, 1.807) is 0 Å². The first-order valence-corrected chi connectivity index (χ1v) is 6.21. The molecule has 0 radical (unpaired) electrons. The zero-order chi connectivity index (χ0) is 14.9. The number of rotatable bonds is 2. The number of aromatic nitrogens is 1. The van der Waals surface area contributed by atoms with Crippen molar-refractivity contribution in [3.8, 4) is 0 Å². The number of carbonyl (C=O) groups excluding carboxylic acids is 1. The van der Waals surface area contributed by atoms with E-state index in [9.17, 15) is 18.0 Å². The highest BCUT2D eigenvalue weighted by Crippen LogP contribution is 2.35. The van der Waals surface area contributed by atoms with Crippen LogP contribution in [0.1, 0.15) is 21.5 Å². The lowest BCUT2D eigenvalue weighted by Crippen LogP contribution is -2.15. The summed E-state index contributed by atoms with van der Waals surface area (Å²) in [5.41, 5.74) is 4.15. The zero-order valence-electron chi connectivity index (χ0n) is 9.91. The molecule has 0 aliphatic carbocycles. The number of hydrogen-bond donors (Lipinski definition) is 1. The summed E-state index contributed by atoms with van der Waals surface area (Å²) >= 11 is 2.96. The first kappa shape index (κ1) is 14.5. The van der Waals surface area contributed by atoms with E-state index in [1.807, 2.05) is 0 Å². The first-order valence-electron chi connectivity index (χ1n) is 5.41. The molecule has 0 saturated carbocycles. The van der Waals surface area contributed by atoms with Crippen LogP contribution in [0.25, 0.3) is 0 Å². The Morgan fingerprint density at radius 3 is 2.50 bits per heavy atom.